The van der Waals surface area contributed by atoms with Gasteiger partial charge in [0.15, 0.2) is 0 Å². The molecule has 0 aromatic rings. The SMILES string of the molecule is C=CC1=CC=CC=C(/C=C/C=C2\C(=O)NC(=O)N(C)C2=O)C1. The molecule has 112 valence electrons. The molecule has 0 aromatic carbocycles. The highest BCUT2D eigenvalue weighted by molar-refractivity contribution is 6.28. The summed E-state index contributed by atoms with van der Waals surface area (Å²) in [5.41, 5.74) is 2.03. The Bertz CT molecular complexity index is 691. The van der Waals surface area contributed by atoms with Crippen LogP contribution in [0.2, 0.25) is 0 Å². The molecular formula is C17H16N2O3. The number of hydrogen-bond acceptors (Lipinski definition) is 3. The van der Waals surface area contributed by atoms with Crippen LogP contribution in [0, 0.1) is 0 Å². The zero-order valence-electron chi connectivity index (χ0n) is 12.2. The fourth-order valence-corrected chi connectivity index (χ4v) is 2.00. The molecule has 0 atom stereocenters. The van der Waals surface area contributed by atoms with E-state index >= 15 is 0 Å². The summed E-state index contributed by atoms with van der Waals surface area (Å²) in [4.78, 5) is 35.7. The highest BCUT2D eigenvalue weighted by atomic mass is 16.2. The van der Waals surface area contributed by atoms with E-state index in [1.54, 1.807) is 12.2 Å². The molecule has 0 aromatic heterocycles. The molecule has 1 aliphatic carbocycles. The number of imide groups is 2. The van der Waals surface area contributed by atoms with Gasteiger partial charge >= 0.3 is 6.03 Å². The van der Waals surface area contributed by atoms with Crippen LogP contribution >= 0.6 is 0 Å². The molecular weight excluding hydrogens is 280 g/mol. The number of rotatable bonds is 3. The van der Waals surface area contributed by atoms with Crippen LogP contribution in [-0.4, -0.2) is 29.8 Å². The van der Waals surface area contributed by atoms with Crippen molar-refractivity contribution in [3.8, 4) is 0 Å². The Labute approximate surface area is 128 Å². The van der Waals surface area contributed by atoms with Crippen molar-refractivity contribution in [2.75, 3.05) is 7.05 Å². The number of amides is 4. The molecule has 1 saturated heterocycles. The zero-order chi connectivity index (χ0) is 16.1. The van der Waals surface area contributed by atoms with Gasteiger partial charge in [-0.05, 0) is 23.6 Å². The van der Waals surface area contributed by atoms with E-state index in [2.05, 4.69) is 11.9 Å². The molecule has 1 heterocycles. The number of nitrogens with one attached hydrogen (secondary N) is 1. The summed E-state index contributed by atoms with van der Waals surface area (Å²) in [6.45, 7) is 3.75. The van der Waals surface area contributed by atoms with Crippen molar-refractivity contribution in [2.45, 2.75) is 6.42 Å². The third-order valence-electron chi connectivity index (χ3n) is 3.28. The summed E-state index contributed by atoms with van der Waals surface area (Å²) in [6.07, 6.45) is 15.1. The Morgan fingerprint density at radius 3 is 2.55 bits per heavy atom. The number of urea groups is 1. The van der Waals surface area contributed by atoms with Gasteiger partial charge in [-0.15, -0.1) is 0 Å². The molecule has 0 radical (unpaired) electrons. The van der Waals surface area contributed by atoms with Crippen LogP contribution in [0.1, 0.15) is 6.42 Å². The molecule has 5 heteroatoms. The van der Waals surface area contributed by atoms with Gasteiger partial charge in [0.05, 0.1) is 0 Å². The minimum atomic E-state index is -0.714. The molecule has 2 rings (SSSR count). The van der Waals surface area contributed by atoms with Gasteiger partial charge in [-0.25, -0.2) is 4.79 Å². The Morgan fingerprint density at radius 2 is 1.86 bits per heavy atom. The molecule has 0 spiro atoms. The second-order valence-electron chi connectivity index (χ2n) is 4.81. The first-order valence-electron chi connectivity index (χ1n) is 6.73. The van der Waals surface area contributed by atoms with Crippen LogP contribution in [0.5, 0.6) is 0 Å². The summed E-state index contributed by atoms with van der Waals surface area (Å²) >= 11 is 0. The maximum Gasteiger partial charge on any atom is 0.331 e. The Balaban J connectivity index is 2.15. The van der Waals surface area contributed by atoms with Crippen molar-refractivity contribution in [1.82, 2.24) is 10.2 Å². The van der Waals surface area contributed by atoms with E-state index in [0.717, 1.165) is 16.0 Å². The molecule has 0 saturated carbocycles. The van der Waals surface area contributed by atoms with Gasteiger partial charge in [0.1, 0.15) is 5.57 Å². The third kappa shape index (κ3) is 3.38. The predicted molar refractivity (Wildman–Crippen MR) is 83.7 cm³/mol. The van der Waals surface area contributed by atoms with E-state index in [9.17, 15) is 14.4 Å². The zero-order valence-corrected chi connectivity index (χ0v) is 12.2. The molecule has 4 amide bonds. The molecule has 0 bridgehead atoms. The highest BCUT2D eigenvalue weighted by Gasteiger charge is 2.32. The first-order valence-corrected chi connectivity index (χ1v) is 6.73. The van der Waals surface area contributed by atoms with Crippen molar-refractivity contribution in [3.05, 3.63) is 71.9 Å². The van der Waals surface area contributed by atoms with E-state index in [1.165, 1.54) is 13.1 Å². The van der Waals surface area contributed by atoms with Gasteiger partial charge in [0.2, 0.25) is 0 Å². The molecule has 2 aliphatic rings. The van der Waals surface area contributed by atoms with Crippen LogP contribution in [0.15, 0.2) is 71.9 Å². The van der Waals surface area contributed by atoms with Gasteiger partial charge in [0, 0.05) is 7.05 Å². The van der Waals surface area contributed by atoms with Gasteiger partial charge in [-0.2, -0.15) is 0 Å². The number of allylic oxidation sites excluding steroid dienone is 10. The maximum atomic E-state index is 11.9. The first-order chi connectivity index (χ1) is 10.5. The summed E-state index contributed by atoms with van der Waals surface area (Å²) in [5.74, 6) is -1.29. The second kappa shape index (κ2) is 6.67. The predicted octanol–water partition coefficient (Wildman–Crippen LogP) is 2.18. The minimum Gasteiger partial charge on any atom is -0.273 e. The lowest BCUT2D eigenvalue weighted by Crippen LogP contribution is -2.52. The number of nitrogens with zero attached hydrogens (tertiary/aromatic N) is 1. The van der Waals surface area contributed by atoms with Gasteiger partial charge in [-0.1, -0.05) is 49.1 Å². The molecule has 1 N–H and O–H groups in total. The Kier molecular flexibility index (Phi) is 4.68. The van der Waals surface area contributed by atoms with Gasteiger partial charge in [-0.3, -0.25) is 19.8 Å². The van der Waals surface area contributed by atoms with E-state index in [0.29, 0.717) is 6.42 Å². The van der Waals surface area contributed by atoms with E-state index in [-0.39, 0.29) is 5.57 Å². The van der Waals surface area contributed by atoms with Crippen molar-refractivity contribution in [1.29, 1.82) is 0 Å². The standard InChI is InChI=1S/C17H16N2O3/c1-3-12-7-4-5-8-13(11-12)9-6-10-14-15(20)18-17(22)19(2)16(14)21/h3-10H,1,11H2,2H3,(H,18,20,22)/b9-6+,14-10+. The van der Waals surface area contributed by atoms with Crippen molar-refractivity contribution < 1.29 is 14.4 Å². The normalized spacial score (nSPS) is 20.9. The number of carbonyl (C=O) groups excluding carboxylic acids is 3. The van der Waals surface area contributed by atoms with E-state index in [4.69, 9.17) is 0 Å². The quantitative estimate of drug-likeness (QED) is 0.641. The maximum absolute atomic E-state index is 11.9. The summed E-state index contributed by atoms with van der Waals surface area (Å²) in [5, 5.41) is 2.10. The molecule has 0 unspecified atom stereocenters. The smallest absolute Gasteiger partial charge is 0.273 e. The van der Waals surface area contributed by atoms with Crippen LogP contribution < -0.4 is 5.32 Å². The monoisotopic (exact) mass is 296 g/mol. The number of likely N-dealkylation sites (N-methyl/N-ethyl adjacent to an activating group) is 1. The lowest BCUT2D eigenvalue weighted by molar-refractivity contribution is -0.129. The minimum absolute atomic E-state index is 0.0670. The first kappa shape index (κ1) is 15.4. The highest BCUT2D eigenvalue weighted by Crippen LogP contribution is 2.17. The van der Waals surface area contributed by atoms with Gasteiger partial charge in [0.25, 0.3) is 11.8 Å². The average Bonchev–Trinajstić information content (AvgIpc) is 2.73. The molecule has 22 heavy (non-hydrogen) atoms. The topological polar surface area (TPSA) is 66.5 Å². The van der Waals surface area contributed by atoms with Crippen LogP contribution in [-0.2, 0) is 9.59 Å². The number of carbonyl (C=O) groups is 3. The van der Waals surface area contributed by atoms with Crippen molar-refractivity contribution >= 4 is 17.8 Å². The second-order valence-corrected chi connectivity index (χ2v) is 4.81. The van der Waals surface area contributed by atoms with Crippen LogP contribution in [0.25, 0.3) is 0 Å². The largest absolute Gasteiger partial charge is 0.331 e. The Hall–Kier alpha value is -2.95. The molecule has 5 nitrogen and oxygen atoms in total. The Morgan fingerprint density at radius 1 is 1.18 bits per heavy atom. The van der Waals surface area contributed by atoms with Crippen LogP contribution in [0.4, 0.5) is 4.79 Å². The molecule has 1 aliphatic heterocycles. The number of hydrogen-bond donors (Lipinski definition) is 1. The average molecular weight is 296 g/mol. The third-order valence-corrected chi connectivity index (χ3v) is 3.28. The fraction of sp³-hybridized carbons (Fsp3) is 0.118. The lowest BCUT2D eigenvalue weighted by Gasteiger charge is -2.21. The van der Waals surface area contributed by atoms with Crippen molar-refractivity contribution in [3.63, 3.8) is 0 Å². The lowest BCUT2D eigenvalue weighted by atomic mass is 10.1. The summed E-state index contributed by atoms with van der Waals surface area (Å²) in [6, 6.07) is -0.714. The van der Waals surface area contributed by atoms with Crippen molar-refractivity contribution in [2.24, 2.45) is 0 Å². The number of barbiturate groups is 1. The fourth-order valence-electron chi connectivity index (χ4n) is 2.00. The van der Waals surface area contributed by atoms with E-state index in [1.807, 2.05) is 30.4 Å². The molecule has 1 fully saturated rings. The van der Waals surface area contributed by atoms with Crippen LogP contribution in [0.3, 0.4) is 0 Å². The van der Waals surface area contributed by atoms with E-state index < -0.39 is 17.8 Å². The summed E-state index contributed by atoms with van der Waals surface area (Å²) < 4.78 is 0. The summed E-state index contributed by atoms with van der Waals surface area (Å²) in [7, 11) is 1.32. The van der Waals surface area contributed by atoms with Gasteiger partial charge < -0.3 is 0 Å².